The van der Waals surface area contributed by atoms with Crippen molar-refractivity contribution in [2.24, 2.45) is 5.41 Å². The summed E-state index contributed by atoms with van der Waals surface area (Å²) in [4.78, 5) is 13.7. The zero-order valence-electron chi connectivity index (χ0n) is 15.3. The third kappa shape index (κ3) is 4.31. The quantitative estimate of drug-likeness (QED) is 0.867. The lowest BCUT2D eigenvalue weighted by Crippen LogP contribution is -2.67. The van der Waals surface area contributed by atoms with Crippen LogP contribution in [0.15, 0.2) is 24.3 Å². The Morgan fingerprint density at radius 3 is 2.27 bits per heavy atom. The summed E-state index contributed by atoms with van der Waals surface area (Å²) in [6, 6.07) is 5.60. The van der Waals surface area contributed by atoms with Crippen LogP contribution in [-0.4, -0.2) is 35.7 Å². The highest BCUT2D eigenvalue weighted by molar-refractivity contribution is 5.69. The van der Waals surface area contributed by atoms with E-state index in [-0.39, 0.29) is 11.5 Å². The second-order valence-electron chi connectivity index (χ2n) is 8.52. The lowest BCUT2D eigenvalue weighted by atomic mass is 9.61. The van der Waals surface area contributed by atoms with Crippen LogP contribution in [0.4, 0.5) is 18.0 Å². The normalized spacial score (nSPS) is 19.8. The molecule has 2 fully saturated rings. The molecule has 0 atom stereocenters. The first-order valence-electron chi connectivity index (χ1n) is 8.83. The van der Waals surface area contributed by atoms with Gasteiger partial charge < -0.3 is 15.0 Å². The van der Waals surface area contributed by atoms with Gasteiger partial charge in [-0.15, -0.1) is 0 Å². The molecule has 2 aliphatic rings. The Morgan fingerprint density at radius 1 is 1.19 bits per heavy atom. The molecule has 1 aliphatic heterocycles. The second kappa shape index (κ2) is 6.44. The maximum atomic E-state index is 12.6. The Bertz CT molecular complexity index is 651. The van der Waals surface area contributed by atoms with Gasteiger partial charge in [-0.25, -0.2) is 4.79 Å². The summed E-state index contributed by atoms with van der Waals surface area (Å²) in [5.41, 5.74) is -0.0802. The number of carbonyl (C=O) groups excluding carboxylic acids is 1. The second-order valence-corrected chi connectivity index (χ2v) is 8.52. The largest absolute Gasteiger partial charge is 0.444 e. The number of rotatable bonds is 3. The number of nitrogens with one attached hydrogen (secondary N) is 1. The monoisotopic (exact) mass is 370 g/mol. The lowest BCUT2D eigenvalue weighted by Gasteiger charge is -2.58. The molecule has 0 radical (unpaired) electrons. The zero-order chi connectivity index (χ0) is 19.2. The van der Waals surface area contributed by atoms with Gasteiger partial charge in [-0.2, -0.15) is 13.2 Å². The van der Waals surface area contributed by atoms with E-state index in [1.165, 1.54) is 12.1 Å². The van der Waals surface area contributed by atoms with Crippen molar-refractivity contribution in [1.29, 1.82) is 0 Å². The molecule has 0 bridgehead atoms. The van der Waals surface area contributed by atoms with Gasteiger partial charge in [-0.3, -0.25) is 0 Å². The summed E-state index contributed by atoms with van der Waals surface area (Å²) in [5.74, 6) is 0. The molecule has 4 nitrogen and oxygen atoms in total. The number of carbonyl (C=O) groups is 1. The number of hydrogen-bond acceptors (Lipinski definition) is 3. The molecule has 26 heavy (non-hydrogen) atoms. The third-order valence-electron chi connectivity index (χ3n) is 4.94. The number of likely N-dealkylation sites (tertiary alicyclic amines) is 1. The zero-order valence-corrected chi connectivity index (χ0v) is 15.3. The number of amides is 1. The minimum Gasteiger partial charge on any atom is -0.444 e. The van der Waals surface area contributed by atoms with E-state index in [0.717, 1.165) is 43.6 Å². The summed E-state index contributed by atoms with van der Waals surface area (Å²) < 4.78 is 43.0. The molecule has 1 heterocycles. The highest BCUT2D eigenvalue weighted by Gasteiger charge is 2.54. The number of alkyl halides is 3. The number of hydrogen-bond donors (Lipinski definition) is 1. The molecule has 144 valence electrons. The summed E-state index contributed by atoms with van der Waals surface area (Å²) >= 11 is 0. The van der Waals surface area contributed by atoms with Crippen LogP contribution >= 0.6 is 0 Å². The first-order valence-corrected chi connectivity index (χ1v) is 8.83. The summed E-state index contributed by atoms with van der Waals surface area (Å²) in [7, 11) is 0. The molecule has 1 saturated carbocycles. The summed E-state index contributed by atoms with van der Waals surface area (Å²) in [5, 5.41) is 3.38. The van der Waals surface area contributed by atoms with Crippen LogP contribution in [0.25, 0.3) is 0 Å². The average Bonchev–Trinajstić information content (AvgIpc) is 2.41. The van der Waals surface area contributed by atoms with Gasteiger partial charge in [0.1, 0.15) is 5.60 Å². The highest BCUT2D eigenvalue weighted by Crippen LogP contribution is 2.48. The fraction of sp³-hybridized carbons (Fsp3) is 0.632. The van der Waals surface area contributed by atoms with Crippen molar-refractivity contribution in [3.63, 3.8) is 0 Å². The predicted octanol–water partition coefficient (Wildman–Crippen LogP) is 4.19. The Hall–Kier alpha value is -1.76. The van der Waals surface area contributed by atoms with Gasteiger partial charge in [-0.05, 0) is 51.3 Å². The average molecular weight is 370 g/mol. The van der Waals surface area contributed by atoms with E-state index in [1.807, 2.05) is 20.8 Å². The third-order valence-corrected chi connectivity index (χ3v) is 4.94. The van der Waals surface area contributed by atoms with Gasteiger partial charge in [0.05, 0.1) is 5.56 Å². The SMILES string of the molecule is CC(C)(C)OC(=O)N1CC2(CC(NCc3ccc(C(F)(F)F)cc3)C2)C1. The molecule has 1 aromatic carbocycles. The first-order chi connectivity index (χ1) is 12.0. The Kier molecular flexibility index (Phi) is 4.71. The Morgan fingerprint density at radius 2 is 1.77 bits per heavy atom. The molecular weight excluding hydrogens is 345 g/mol. The van der Waals surface area contributed by atoms with Gasteiger partial charge >= 0.3 is 12.3 Å². The number of nitrogens with zero attached hydrogens (tertiary/aromatic N) is 1. The van der Waals surface area contributed by atoms with Crippen molar-refractivity contribution in [3.8, 4) is 0 Å². The number of ether oxygens (including phenoxy) is 1. The molecule has 1 aliphatic carbocycles. The van der Waals surface area contributed by atoms with Crippen LogP contribution < -0.4 is 5.32 Å². The standard InChI is InChI=1S/C19H25F3N2O2/c1-17(2,3)26-16(25)24-11-18(12-24)8-15(9-18)23-10-13-4-6-14(7-5-13)19(20,21)22/h4-7,15,23H,8-12H2,1-3H3. The smallest absolute Gasteiger partial charge is 0.416 e. The van der Waals surface area contributed by atoms with Crippen molar-refractivity contribution in [3.05, 3.63) is 35.4 Å². The minimum atomic E-state index is -4.30. The van der Waals surface area contributed by atoms with E-state index in [4.69, 9.17) is 4.74 Å². The van der Waals surface area contributed by atoms with Crippen LogP contribution in [0.5, 0.6) is 0 Å². The van der Waals surface area contributed by atoms with E-state index in [1.54, 1.807) is 4.90 Å². The van der Waals surface area contributed by atoms with Crippen LogP contribution in [0.2, 0.25) is 0 Å². The van der Waals surface area contributed by atoms with E-state index >= 15 is 0 Å². The van der Waals surface area contributed by atoms with E-state index in [2.05, 4.69) is 5.32 Å². The van der Waals surface area contributed by atoms with Crippen LogP contribution in [0.1, 0.15) is 44.7 Å². The van der Waals surface area contributed by atoms with Crippen molar-refractivity contribution in [2.75, 3.05) is 13.1 Å². The summed E-state index contributed by atoms with van der Waals surface area (Å²) in [6.45, 7) is 7.55. The van der Waals surface area contributed by atoms with E-state index in [0.29, 0.717) is 12.6 Å². The van der Waals surface area contributed by atoms with Crippen molar-refractivity contribution in [1.82, 2.24) is 10.2 Å². The van der Waals surface area contributed by atoms with Crippen molar-refractivity contribution < 1.29 is 22.7 Å². The molecular formula is C19H25F3N2O2. The topological polar surface area (TPSA) is 41.6 Å². The van der Waals surface area contributed by atoms with Crippen LogP contribution in [0, 0.1) is 5.41 Å². The lowest BCUT2D eigenvalue weighted by molar-refractivity contribution is -0.137. The Labute approximate surface area is 151 Å². The van der Waals surface area contributed by atoms with E-state index < -0.39 is 17.3 Å². The molecule has 1 aromatic rings. The maximum absolute atomic E-state index is 12.6. The maximum Gasteiger partial charge on any atom is 0.416 e. The highest BCUT2D eigenvalue weighted by atomic mass is 19.4. The molecule has 7 heteroatoms. The van der Waals surface area contributed by atoms with Gasteiger partial charge in [0.15, 0.2) is 0 Å². The minimum absolute atomic E-state index is 0.189. The number of benzene rings is 1. The van der Waals surface area contributed by atoms with Gasteiger partial charge in [0, 0.05) is 31.1 Å². The summed E-state index contributed by atoms with van der Waals surface area (Å²) in [6.07, 6.45) is -2.60. The number of halogens is 3. The van der Waals surface area contributed by atoms with Gasteiger partial charge in [-0.1, -0.05) is 12.1 Å². The fourth-order valence-electron chi connectivity index (χ4n) is 3.68. The molecule has 0 aromatic heterocycles. The van der Waals surface area contributed by atoms with Crippen LogP contribution in [0.3, 0.4) is 0 Å². The van der Waals surface area contributed by atoms with Gasteiger partial charge in [0.25, 0.3) is 0 Å². The van der Waals surface area contributed by atoms with Crippen molar-refractivity contribution in [2.45, 2.75) is 58.0 Å². The predicted molar refractivity (Wildman–Crippen MR) is 91.5 cm³/mol. The fourth-order valence-corrected chi connectivity index (χ4v) is 3.68. The first kappa shape index (κ1) is 19.0. The molecule has 1 saturated heterocycles. The Balaban J connectivity index is 1.38. The van der Waals surface area contributed by atoms with E-state index in [9.17, 15) is 18.0 Å². The molecule has 1 N–H and O–H groups in total. The van der Waals surface area contributed by atoms with Crippen LogP contribution in [-0.2, 0) is 17.5 Å². The molecule has 1 spiro atoms. The molecule has 0 unspecified atom stereocenters. The van der Waals surface area contributed by atoms with Crippen molar-refractivity contribution >= 4 is 6.09 Å². The molecule has 1 amide bonds. The van der Waals surface area contributed by atoms with Gasteiger partial charge in [0.2, 0.25) is 0 Å². The molecule has 3 rings (SSSR count).